The van der Waals surface area contributed by atoms with Crippen molar-refractivity contribution >= 4 is 5.91 Å². The Bertz CT molecular complexity index is 615. The number of carbonyl (C=O) groups is 1. The van der Waals surface area contributed by atoms with Gasteiger partial charge in [0.2, 0.25) is 0 Å². The number of methoxy groups -OCH3 is 2. The molecule has 7 heteroatoms. The van der Waals surface area contributed by atoms with Crippen molar-refractivity contribution < 1.29 is 18.8 Å². The van der Waals surface area contributed by atoms with Crippen molar-refractivity contribution in [3.63, 3.8) is 0 Å². The lowest BCUT2D eigenvalue weighted by atomic mass is 9.88. The monoisotopic (exact) mass is 349 g/mol. The van der Waals surface area contributed by atoms with Crippen LogP contribution in [0.1, 0.15) is 41.4 Å². The van der Waals surface area contributed by atoms with Gasteiger partial charge in [0.25, 0.3) is 5.91 Å². The maximum Gasteiger partial charge on any atom is 0.276 e. The molecule has 2 saturated heterocycles. The summed E-state index contributed by atoms with van der Waals surface area (Å²) in [5.41, 5.74) is 0.451. The summed E-state index contributed by atoms with van der Waals surface area (Å²) in [5.74, 6) is 1.67. The molecule has 138 valence electrons. The maximum atomic E-state index is 13.0. The van der Waals surface area contributed by atoms with E-state index in [2.05, 4.69) is 10.1 Å². The van der Waals surface area contributed by atoms with Crippen LogP contribution < -0.4 is 0 Å². The fourth-order valence-electron chi connectivity index (χ4n) is 4.28. The largest absolute Gasteiger partial charge is 0.383 e. The first-order chi connectivity index (χ1) is 12.2. The van der Waals surface area contributed by atoms with Crippen molar-refractivity contribution in [2.45, 2.75) is 37.3 Å². The third-order valence-corrected chi connectivity index (χ3v) is 5.84. The molecule has 0 spiro atoms. The van der Waals surface area contributed by atoms with Gasteiger partial charge in [0, 0.05) is 58.3 Å². The van der Waals surface area contributed by atoms with E-state index in [1.807, 2.05) is 11.0 Å². The van der Waals surface area contributed by atoms with Gasteiger partial charge < -0.3 is 18.9 Å². The molecule has 0 N–H and O–H groups in total. The molecule has 0 aromatic carbocycles. The van der Waals surface area contributed by atoms with Gasteiger partial charge in [-0.05, 0) is 19.3 Å². The highest BCUT2D eigenvalue weighted by Gasteiger charge is 2.46. The molecule has 0 radical (unpaired) electrons. The summed E-state index contributed by atoms with van der Waals surface area (Å²) in [6.45, 7) is 4.12. The Kier molecular flexibility index (Phi) is 4.80. The van der Waals surface area contributed by atoms with Gasteiger partial charge >= 0.3 is 0 Å². The predicted octanol–water partition coefficient (Wildman–Crippen LogP) is 1.36. The van der Waals surface area contributed by atoms with E-state index in [1.54, 1.807) is 14.2 Å². The zero-order valence-corrected chi connectivity index (χ0v) is 15.0. The minimum Gasteiger partial charge on any atom is -0.383 e. The van der Waals surface area contributed by atoms with Crippen molar-refractivity contribution in [2.75, 3.05) is 47.0 Å². The van der Waals surface area contributed by atoms with E-state index < -0.39 is 0 Å². The van der Waals surface area contributed by atoms with E-state index in [0.29, 0.717) is 30.7 Å². The lowest BCUT2D eigenvalue weighted by molar-refractivity contribution is -0.0160. The summed E-state index contributed by atoms with van der Waals surface area (Å²) in [4.78, 5) is 17.4. The highest BCUT2D eigenvalue weighted by Crippen LogP contribution is 2.40. The van der Waals surface area contributed by atoms with E-state index in [-0.39, 0.29) is 18.1 Å². The Morgan fingerprint density at radius 3 is 2.88 bits per heavy atom. The molecule has 0 bridgehead atoms. The lowest BCUT2D eigenvalue weighted by Crippen LogP contribution is -2.53. The number of carbonyl (C=O) groups excluding carboxylic acids is 1. The van der Waals surface area contributed by atoms with Crippen molar-refractivity contribution in [3.8, 4) is 0 Å². The second-order valence-corrected chi connectivity index (χ2v) is 7.43. The summed E-state index contributed by atoms with van der Waals surface area (Å²) in [6.07, 6.45) is 3.36. The Morgan fingerprint density at radius 2 is 2.16 bits per heavy atom. The van der Waals surface area contributed by atoms with Gasteiger partial charge in [-0.15, -0.1) is 0 Å². The van der Waals surface area contributed by atoms with Crippen molar-refractivity contribution in [3.05, 3.63) is 17.5 Å². The Morgan fingerprint density at radius 1 is 1.32 bits per heavy atom. The number of rotatable bonds is 6. The second-order valence-electron chi connectivity index (χ2n) is 7.43. The standard InChI is InChI=1S/C18H27N3O4/c1-23-8-7-20-10-13-15(11-20)21(6-5-16(13)24-2)18(22)14-9-17(25-19-14)12-3-4-12/h9,12-13,15-16H,3-8,10-11H2,1-2H3/t13-,15+,16+/m1/s1. The first kappa shape index (κ1) is 17.0. The number of amides is 1. The predicted molar refractivity (Wildman–Crippen MR) is 90.5 cm³/mol. The van der Waals surface area contributed by atoms with E-state index in [1.165, 1.54) is 0 Å². The molecule has 3 atom stereocenters. The molecule has 3 fully saturated rings. The first-order valence-corrected chi connectivity index (χ1v) is 9.23. The molecule has 25 heavy (non-hydrogen) atoms. The average molecular weight is 349 g/mol. The number of hydrogen-bond acceptors (Lipinski definition) is 6. The molecule has 0 unspecified atom stereocenters. The molecule has 3 aliphatic rings. The summed E-state index contributed by atoms with van der Waals surface area (Å²) >= 11 is 0. The van der Waals surface area contributed by atoms with Crippen LogP contribution in [0.5, 0.6) is 0 Å². The maximum absolute atomic E-state index is 13.0. The van der Waals surface area contributed by atoms with Gasteiger partial charge in [-0.2, -0.15) is 0 Å². The number of ether oxygens (including phenoxy) is 2. The normalized spacial score (nSPS) is 29.8. The van der Waals surface area contributed by atoms with E-state index >= 15 is 0 Å². The molecule has 1 aliphatic carbocycles. The fourth-order valence-corrected chi connectivity index (χ4v) is 4.28. The van der Waals surface area contributed by atoms with Crippen LogP contribution in [-0.2, 0) is 9.47 Å². The third kappa shape index (κ3) is 3.32. The molecule has 3 heterocycles. The zero-order chi connectivity index (χ0) is 17.4. The molecular weight excluding hydrogens is 322 g/mol. The van der Waals surface area contributed by atoms with Crippen LogP contribution in [-0.4, -0.2) is 80.0 Å². The number of piperidine rings is 1. The molecule has 1 aromatic rings. The molecule has 1 aromatic heterocycles. The van der Waals surface area contributed by atoms with Gasteiger partial charge in [-0.1, -0.05) is 5.16 Å². The number of likely N-dealkylation sites (tertiary alicyclic amines) is 2. The lowest BCUT2D eigenvalue weighted by Gasteiger charge is -2.40. The average Bonchev–Trinajstić information content (AvgIpc) is 3.20. The Hall–Kier alpha value is -1.44. The Balaban J connectivity index is 1.49. The van der Waals surface area contributed by atoms with Crippen molar-refractivity contribution in [1.29, 1.82) is 0 Å². The SMILES string of the molecule is COCCN1C[C@H]2[C@@H](OC)CCN(C(=O)c3cc(C4CC4)on3)[C@H]2C1. The number of fused-ring (bicyclic) bond motifs is 1. The summed E-state index contributed by atoms with van der Waals surface area (Å²) < 4.78 is 16.3. The van der Waals surface area contributed by atoms with Crippen LogP contribution in [0.3, 0.4) is 0 Å². The van der Waals surface area contributed by atoms with Crippen LogP contribution in [0.2, 0.25) is 0 Å². The zero-order valence-electron chi connectivity index (χ0n) is 15.0. The van der Waals surface area contributed by atoms with Crippen LogP contribution >= 0.6 is 0 Å². The van der Waals surface area contributed by atoms with E-state index in [9.17, 15) is 4.79 Å². The van der Waals surface area contributed by atoms with Gasteiger partial charge in [-0.3, -0.25) is 9.69 Å². The molecule has 1 saturated carbocycles. The summed E-state index contributed by atoms with van der Waals surface area (Å²) in [7, 11) is 3.50. The summed E-state index contributed by atoms with van der Waals surface area (Å²) in [6, 6.07) is 2.01. The molecule has 4 rings (SSSR count). The van der Waals surface area contributed by atoms with E-state index in [0.717, 1.165) is 44.7 Å². The second kappa shape index (κ2) is 7.05. The van der Waals surface area contributed by atoms with Crippen LogP contribution in [0.15, 0.2) is 10.6 Å². The number of hydrogen-bond donors (Lipinski definition) is 0. The van der Waals surface area contributed by atoms with Crippen molar-refractivity contribution in [2.24, 2.45) is 5.92 Å². The van der Waals surface area contributed by atoms with Crippen LogP contribution in [0.25, 0.3) is 0 Å². The third-order valence-electron chi connectivity index (χ3n) is 5.84. The van der Waals surface area contributed by atoms with Crippen LogP contribution in [0, 0.1) is 5.92 Å². The Labute approximate surface area is 148 Å². The van der Waals surface area contributed by atoms with Crippen LogP contribution in [0.4, 0.5) is 0 Å². The topological polar surface area (TPSA) is 68.0 Å². The molecular formula is C18H27N3O4. The van der Waals surface area contributed by atoms with Gasteiger partial charge in [-0.25, -0.2) is 0 Å². The first-order valence-electron chi connectivity index (χ1n) is 9.23. The van der Waals surface area contributed by atoms with Gasteiger partial charge in [0.05, 0.1) is 18.8 Å². The quantitative estimate of drug-likeness (QED) is 0.772. The highest BCUT2D eigenvalue weighted by atomic mass is 16.5. The smallest absolute Gasteiger partial charge is 0.276 e. The van der Waals surface area contributed by atoms with Gasteiger partial charge in [0.1, 0.15) is 5.76 Å². The van der Waals surface area contributed by atoms with Crippen molar-refractivity contribution in [1.82, 2.24) is 15.0 Å². The minimum atomic E-state index is -0.00575. The number of aromatic nitrogens is 1. The van der Waals surface area contributed by atoms with Gasteiger partial charge in [0.15, 0.2) is 5.69 Å². The molecule has 7 nitrogen and oxygen atoms in total. The minimum absolute atomic E-state index is 0.00575. The molecule has 1 amide bonds. The fraction of sp³-hybridized carbons (Fsp3) is 0.778. The number of nitrogens with zero attached hydrogens (tertiary/aromatic N) is 3. The highest BCUT2D eigenvalue weighted by molar-refractivity contribution is 5.92. The van der Waals surface area contributed by atoms with E-state index in [4.69, 9.17) is 14.0 Å². The summed E-state index contributed by atoms with van der Waals surface area (Å²) in [5, 5.41) is 4.04. The molecule has 2 aliphatic heterocycles.